The van der Waals surface area contributed by atoms with Crippen molar-refractivity contribution < 1.29 is 9.21 Å². The topological polar surface area (TPSA) is 56.2 Å². The van der Waals surface area contributed by atoms with Gasteiger partial charge in [0.05, 0.1) is 11.1 Å². The molecule has 4 heteroatoms. The molecule has 0 aliphatic carbocycles. The van der Waals surface area contributed by atoms with Crippen LogP contribution in [0.3, 0.4) is 0 Å². The third-order valence-electron chi connectivity index (χ3n) is 1.51. The minimum Gasteiger partial charge on any atom is -0.465 e. The van der Waals surface area contributed by atoms with Crippen LogP contribution in [0, 0.1) is 0 Å². The van der Waals surface area contributed by atoms with Crippen LogP contribution in [0.2, 0.25) is 0 Å². The molecular weight excluding hydrogens is 210 g/mol. The zero-order valence-electron chi connectivity index (χ0n) is 8.05. The van der Waals surface area contributed by atoms with E-state index in [-0.39, 0.29) is 5.91 Å². The van der Waals surface area contributed by atoms with Gasteiger partial charge in [-0.2, -0.15) is 0 Å². The molecule has 0 radical (unpaired) electrons. The zero-order valence-corrected chi connectivity index (χ0v) is 8.87. The Morgan fingerprint density at radius 3 is 2.53 bits per heavy atom. The lowest BCUT2D eigenvalue weighted by Crippen LogP contribution is -2.07. The average molecular weight is 221 g/mol. The van der Waals surface area contributed by atoms with Crippen molar-refractivity contribution in [3.05, 3.63) is 53.1 Å². The van der Waals surface area contributed by atoms with Gasteiger partial charge in [0.15, 0.2) is 0 Å². The van der Waals surface area contributed by atoms with Gasteiger partial charge in [0, 0.05) is 0 Å². The van der Waals surface area contributed by atoms with Crippen molar-refractivity contribution in [2.75, 3.05) is 0 Å². The molecule has 0 aliphatic rings. The molecule has 2 N–H and O–H groups in total. The van der Waals surface area contributed by atoms with Gasteiger partial charge >= 0.3 is 0 Å². The quantitative estimate of drug-likeness (QED) is 0.847. The standard InChI is InChI=1S/C6H6O.C5H5NOS/c1-2-6-4-3-5-7-6;6-5(7)4-2-1-3-8-4/h2-5H,1H2;1-3H,(H2,6,7). The maximum Gasteiger partial charge on any atom is 0.258 e. The monoisotopic (exact) mass is 221 g/mol. The molecule has 0 fully saturated rings. The van der Waals surface area contributed by atoms with E-state index in [1.807, 2.05) is 17.5 Å². The molecule has 2 rings (SSSR count). The largest absolute Gasteiger partial charge is 0.465 e. The lowest BCUT2D eigenvalue weighted by molar-refractivity contribution is 0.100. The SMILES string of the molecule is C=Cc1ccco1.NC(=O)c1cccs1. The summed E-state index contributed by atoms with van der Waals surface area (Å²) >= 11 is 1.36. The highest BCUT2D eigenvalue weighted by molar-refractivity contribution is 7.12. The fraction of sp³-hybridized carbons (Fsp3) is 0. The summed E-state index contributed by atoms with van der Waals surface area (Å²) in [5.41, 5.74) is 4.93. The van der Waals surface area contributed by atoms with Gasteiger partial charge in [-0.25, -0.2) is 0 Å². The number of primary amides is 1. The number of amides is 1. The molecule has 1 amide bonds. The van der Waals surface area contributed by atoms with E-state index in [0.29, 0.717) is 4.88 Å². The van der Waals surface area contributed by atoms with Gasteiger partial charge < -0.3 is 10.2 Å². The van der Waals surface area contributed by atoms with Crippen LogP contribution in [0.5, 0.6) is 0 Å². The van der Waals surface area contributed by atoms with Crippen LogP contribution in [0.4, 0.5) is 0 Å². The molecular formula is C11H11NO2S. The number of carbonyl (C=O) groups excluding carboxylic acids is 1. The van der Waals surface area contributed by atoms with Crippen molar-refractivity contribution in [3.63, 3.8) is 0 Å². The summed E-state index contributed by atoms with van der Waals surface area (Å²) in [5.74, 6) is 0.472. The second kappa shape index (κ2) is 5.82. The minimum atomic E-state index is -0.347. The highest BCUT2D eigenvalue weighted by Crippen LogP contribution is 2.05. The number of rotatable bonds is 2. The van der Waals surface area contributed by atoms with Gasteiger partial charge in [-0.15, -0.1) is 11.3 Å². The fourth-order valence-corrected chi connectivity index (χ4v) is 1.40. The number of nitrogens with two attached hydrogens (primary N) is 1. The molecule has 0 bridgehead atoms. The van der Waals surface area contributed by atoms with Crippen molar-refractivity contribution in [1.82, 2.24) is 0 Å². The maximum absolute atomic E-state index is 10.3. The Hall–Kier alpha value is -1.81. The number of furan rings is 1. The zero-order chi connectivity index (χ0) is 11.1. The first-order chi connectivity index (χ1) is 7.24. The molecule has 2 heterocycles. The second-order valence-corrected chi connectivity index (χ2v) is 3.51. The Morgan fingerprint density at radius 1 is 1.47 bits per heavy atom. The summed E-state index contributed by atoms with van der Waals surface area (Å²) in [6.07, 6.45) is 3.29. The summed E-state index contributed by atoms with van der Waals surface area (Å²) < 4.78 is 4.86. The molecule has 3 nitrogen and oxygen atoms in total. The summed E-state index contributed by atoms with van der Waals surface area (Å²) in [5, 5.41) is 1.82. The molecule has 0 aliphatic heterocycles. The summed E-state index contributed by atoms with van der Waals surface area (Å²) in [6.45, 7) is 3.51. The van der Waals surface area contributed by atoms with E-state index < -0.39 is 0 Å². The highest BCUT2D eigenvalue weighted by Gasteiger charge is 1.96. The Balaban J connectivity index is 0.000000151. The normalized spacial score (nSPS) is 8.80. The fourth-order valence-electron chi connectivity index (χ4n) is 0.826. The van der Waals surface area contributed by atoms with Crippen LogP contribution in [0.25, 0.3) is 6.08 Å². The van der Waals surface area contributed by atoms with Crippen LogP contribution in [0.15, 0.2) is 46.9 Å². The van der Waals surface area contributed by atoms with Crippen molar-refractivity contribution in [2.24, 2.45) is 5.73 Å². The summed E-state index contributed by atoms with van der Waals surface area (Å²) in [7, 11) is 0. The summed E-state index contributed by atoms with van der Waals surface area (Å²) in [4.78, 5) is 10.9. The van der Waals surface area contributed by atoms with Crippen molar-refractivity contribution in [3.8, 4) is 0 Å². The van der Waals surface area contributed by atoms with E-state index in [4.69, 9.17) is 10.2 Å². The van der Waals surface area contributed by atoms with Gasteiger partial charge in [-0.1, -0.05) is 12.6 Å². The van der Waals surface area contributed by atoms with Gasteiger partial charge in [0.2, 0.25) is 0 Å². The first-order valence-electron chi connectivity index (χ1n) is 4.23. The lowest BCUT2D eigenvalue weighted by atomic mass is 10.5. The van der Waals surface area contributed by atoms with E-state index in [1.165, 1.54) is 11.3 Å². The average Bonchev–Trinajstić information content (AvgIpc) is 2.92. The Bertz CT molecular complexity index is 404. The smallest absolute Gasteiger partial charge is 0.258 e. The van der Waals surface area contributed by atoms with E-state index in [0.717, 1.165) is 5.76 Å². The molecule has 15 heavy (non-hydrogen) atoms. The number of hydrogen-bond acceptors (Lipinski definition) is 3. The molecule has 0 spiro atoms. The van der Waals surface area contributed by atoms with E-state index >= 15 is 0 Å². The first-order valence-corrected chi connectivity index (χ1v) is 5.11. The van der Waals surface area contributed by atoms with Crippen LogP contribution in [0.1, 0.15) is 15.4 Å². The van der Waals surface area contributed by atoms with Crippen molar-refractivity contribution in [1.29, 1.82) is 0 Å². The molecule has 0 saturated heterocycles. The summed E-state index contributed by atoms with van der Waals surface area (Å²) in [6, 6.07) is 7.18. The van der Waals surface area contributed by atoms with E-state index in [9.17, 15) is 4.79 Å². The predicted molar refractivity (Wildman–Crippen MR) is 61.6 cm³/mol. The third-order valence-corrected chi connectivity index (χ3v) is 2.39. The molecule has 2 aromatic heterocycles. The lowest BCUT2D eigenvalue weighted by Gasteiger charge is -1.80. The van der Waals surface area contributed by atoms with Gasteiger partial charge in [0.25, 0.3) is 5.91 Å². The van der Waals surface area contributed by atoms with Crippen molar-refractivity contribution in [2.45, 2.75) is 0 Å². The Kier molecular flexibility index (Phi) is 4.37. The second-order valence-electron chi connectivity index (χ2n) is 2.56. The van der Waals surface area contributed by atoms with E-state index in [1.54, 1.807) is 24.5 Å². The number of carbonyl (C=O) groups is 1. The predicted octanol–water partition coefficient (Wildman–Crippen LogP) is 2.77. The van der Waals surface area contributed by atoms with Crippen LogP contribution < -0.4 is 5.73 Å². The third kappa shape index (κ3) is 3.83. The molecule has 0 unspecified atom stereocenters. The number of hydrogen-bond donors (Lipinski definition) is 1. The molecule has 78 valence electrons. The van der Waals surface area contributed by atoms with Crippen LogP contribution in [-0.2, 0) is 0 Å². The Labute approximate surface area is 91.8 Å². The highest BCUT2D eigenvalue weighted by atomic mass is 32.1. The van der Waals surface area contributed by atoms with Crippen LogP contribution in [-0.4, -0.2) is 5.91 Å². The van der Waals surface area contributed by atoms with Crippen LogP contribution >= 0.6 is 11.3 Å². The van der Waals surface area contributed by atoms with E-state index in [2.05, 4.69) is 6.58 Å². The van der Waals surface area contributed by atoms with Gasteiger partial charge in [-0.05, 0) is 29.7 Å². The number of thiophene rings is 1. The molecule has 0 saturated carbocycles. The minimum absolute atomic E-state index is 0.347. The van der Waals surface area contributed by atoms with Gasteiger partial charge in [0.1, 0.15) is 5.76 Å². The van der Waals surface area contributed by atoms with Gasteiger partial charge in [-0.3, -0.25) is 4.79 Å². The van der Waals surface area contributed by atoms with Crippen molar-refractivity contribution >= 4 is 23.3 Å². The molecule has 0 atom stereocenters. The first kappa shape index (κ1) is 11.3. The Morgan fingerprint density at radius 2 is 2.27 bits per heavy atom. The molecule has 0 aromatic carbocycles. The maximum atomic E-state index is 10.3. The molecule has 2 aromatic rings.